The Morgan fingerprint density at radius 3 is 2.18 bits per heavy atom. The highest BCUT2D eigenvalue weighted by atomic mass is 16.4. The molecule has 1 atom stereocenters. The molecular formula is C12H16N2O3. The molecule has 2 amide bonds. The molecule has 0 saturated heterocycles. The zero-order valence-corrected chi connectivity index (χ0v) is 9.81. The van der Waals surface area contributed by atoms with Crippen LogP contribution in [0.2, 0.25) is 0 Å². The summed E-state index contributed by atoms with van der Waals surface area (Å²) in [5.41, 5.74) is 0.541. The van der Waals surface area contributed by atoms with E-state index in [0.717, 1.165) is 0 Å². The minimum absolute atomic E-state index is 0.0415. The van der Waals surface area contributed by atoms with Crippen molar-refractivity contribution >= 4 is 12.0 Å². The van der Waals surface area contributed by atoms with Gasteiger partial charge in [0.2, 0.25) is 0 Å². The second-order valence-corrected chi connectivity index (χ2v) is 3.95. The quantitative estimate of drug-likeness (QED) is 0.741. The van der Waals surface area contributed by atoms with E-state index in [1.807, 2.05) is 0 Å². The molecule has 1 unspecified atom stereocenters. The van der Waals surface area contributed by atoms with E-state index < -0.39 is 18.0 Å². The maximum Gasteiger partial charge on any atom is 0.330 e. The fraction of sp³-hybridized carbons (Fsp3) is 0.333. The highest BCUT2D eigenvalue weighted by molar-refractivity contribution is 5.83. The molecule has 0 aliphatic heterocycles. The van der Waals surface area contributed by atoms with Crippen LogP contribution in [-0.2, 0) is 4.79 Å². The summed E-state index contributed by atoms with van der Waals surface area (Å²) in [4.78, 5) is 22.5. The fourth-order valence-electron chi connectivity index (χ4n) is 1.37. The van der Waals surface area contributed by atoms with Gasteiger partial charge in [0.15, 0.2) is 6.04 Å². The highest BCUT2D eigenvalue weighted by Crippen LogP contribution is 2.12. The third kappa shape index (κ3) is 4.14. The summed E-state index contributed by atoms with van der Waals surface area (Å²) in [5, 5.41) is 14.1. The first kappa shape index (κ1) is 13.0. The van der Waals surface area contributed by atoms with Crippen LogP contribution in [0.3, 0.4) is 0 Å². The molecule has 1 aromatic rings. The molecule has 0 heterocycles. The van der Waals surface area contributed by atoms with Crippen molar-refractivity contribution in [1.82, 2.24) is 10.6 Å². The molecule has 17 heavy (non-hydrogen) atoms. The number of aliphatic carboxylic acids is 1. The average molecular weight is 236 g/mol. The first-order valence-corrected chi connectivity index (χ1v) is 5.35. The Morgan fingerprint density at radius 2 is 1.71 bits per heavy atom. The number of amides is 2. The molecule has 3 N–H and O–H groups in total. The molecule has 0 radical (unpaired) electrons. The predicted molar refractivity (Wildman–Crippen MR) is 63.6 cm³/mol. The first-order chi connectivity index (χ1) is 8.00. The Labute approximate surface area is 99.8 Å². The topological polar surface area (TPSA) is 78.4 Å². The van der Waals surface area contributed by atoms with Crippen LogP contribution >= 0.6 is 0 Å². The van der Waals surface area contributed by atoms with E-state index in [0.29, 0.717) is 5.56 Å². The van der Waals surface area contributed by atoms with Crippen molar-refractivity contribution in [3.05, 3.63) is 35.9 Å². The fourth-order valence-corrected chi connectivity index (χ4v) is 1.37. The van der Waals surface area contributed by atoms with E-state index >= 15 is 0 Å². The predicted octanol–water partition coefficient (Wildman–Crippen LogP) is 1.52. The molecule has 0 aromatic heterocycles. The second-order valence-electron chi connectivity index (χ2n) is 3.95. The van der Waals surface area contributed by atoms with E-state index in [9.17, 15) is 9.59 Å². The van der Waals surface area contributed by atoms with E-state index in [1.165, 1.54) is 0 Å². The van der Waals surface area contributed by atoms with Crippen LogP contribution in [0.4, 0.5) is 4.79 Å². The summed E-state index contributed by atoms with van der Waals surface area (Å²) in [6.45, 7) is 3.61. The molecule has 0 saturated carbocycles. The Kier molecular flexibility index (Phi) is 4.51. The van der Waals surface area contributed by atoms with Crippen molar-refractivity contribution in [3.8, 4) is 0 Å². The van der Waals surface area contributed by atoms with Gasteiger partial charge >= 0.3 is 12.0 Å². The number of hydrogen-bond acceptors (Lipinski definition) is 2. The first-order valence-electron chi connectivity index (χ1n) is 5.35. The van der Waals surface area contributed by atoms with Gasteiger partial charge in [-0.2, -0.15) is 0 Å². The van der Waals surface area contributed by atoms with Crippen molar-refractivity contribution in [2.45, 2.75) is 25.9 Å². The zero-order valence-electron chi connectivity index (χ0n) is 9.81. The molecule has 5 nitrogen and oxygen atoms in total. The van der Waals surface area contributed by atoms with Crippen LogP contribution < -0.4 is 10.6 Å². The minimum Gasteiger partial charge on any atom is -0.479 e. The third-order valence-corrected chi connectivity index (χ3v) is 2.08. The van der Waals surface area contributed by atoms with Gasteiger partial charge < -0.3 is 15.7 Å². The number of carboxylic acids is 1. The molecule has 1 aromatic carbocycles. The smallest absolute Gasteiger partial charge is 0.330 e. The number of benzene rings is 1. The number of carbonyl (C=O) groups is 2. The summed E-state index contributed by atoms with van der Waals surface area (Å²) < 4.78 is 0. The van der Waals surface area contributed by atoms with Crippen molar-refractivity contribution < 1.29 is 14.7 Å². The average Bonchev–Trinajstić information content (AvgIpc) is 2.25. The maximum absolute atomic E-state index is 11.5. The van der Waals surface area contributed by atoms with Crippen LogP contribution in [0.5, 0.6) is 0 Å². The largest absolute Gasteiger partial charge is 0.479 e. The molecule has 0 spiro atoms. The third-order valence-electron chi connectivity index (χ3n) is 2.08. The summed E-state index contributed by atoms with van der Waals surface area (Å²) in [7, 11) is 0. The monoisotopic (exact) mass is 236 g/mol. The van der Waals surface area contributed by atoms with Gasteiger partial charge in [-0.3, -0.25) is 0 Å². The van der Waals surface area contributed by atoms with Gasteiger partial charge in [0.25, 0.3) is 0 Å². The number of carboxylic acid groups (broad SMARTS) is 1. The van der Waals surface area contributed by atoms with Crippen molar-refractivity contribution in [3.63, 3.8) is 0 Å². The van der Waals surface area contributed by atoms with Gasteiger partial charge in [-0.15, -0.1) is 0 Å². The van der Waals surface area contributed by atoms with E-state index in [4.69, 9.17) is 5.11 Å². The minimum atomic E-state index is -1.09. The number of hydrogen-bond donors (Lipinski definition) is 3. The molecule has 0 bridgehead atoms. The van der Waals surface area contributed by atoms with Gasteiger partial charge in [-0.1, -0.05) is 30.3 Å². The highest BCUT2D eigenvalue weighted by Gasteiger charge is 2.21. The zero-order chi connectivity index (χ0) is 12.8. The Morgan fingerprint density at radius 1 is 1.12 bits per heavy atom. The Balaban J connectivity index is 2.75. The number of urea groups is 1. The molecular weight excluding hydrogens is 220 g/mol. The second kappa shape index (κ2) is 5.89. The Hall–Kier alpha value is -2.04. The molecule has 1 rings (SSSR count). The van der Waals surface area contributed by atoms with Gasteiger partial charge in [-0.05, 0) is 19.4 Å². The van der Waals surface area contributed by atoms with Gasteiger partial charge in [-0.25, -0.2) is 9.59 Å². The molecule has 0 aliphatic carbocycles. The molecule has 5 heteroatoms. The lowest BCUT2D eigenvalue weighted by molar-refractivity contribution is -0.139. The van der Waals surface area contributed by atoms with Crippen molar-refractivity contribution in [2.24, 2.45) is 0 Å². The van der Waals surface area contributed by atoms with Crippen LogP contribution in [0.25, 0.3) is 0 Å². The summed E-state index contributed by atoms with van der Waals surface area (Å²) in [5.74, 6) is -1.09. The van der Waals surface area contributed by atoms with Crippen LogP contribution in [0.1, 0.15) is 25.5 Å². The number of carbonyl (C=O) groups excluding carboxylic acids is 1. The number of rotatable bonds is 4. The van der Waals surface area contributed by atoms with Gasteiger partial charge in [0.1, 0.15) is 0 Å². The van der Waals surface area contributed by atoms with Crippen molar-refractivity contribution in [1.29, 1.82) is 0 Å². The van der Waals surface area contributed by atoms with E-state index in [2.05, 4.69) is 10.6 Å². The maximum atomic E-state index is 11.5. The normalized spacial score (nSPS) is 11.9. The summed E-state index contributed by atoms with van der Waals surface area (Å²) in [6, 6.07) is 7.01. The van der Waals surface area contributed by atoms with Crippen molar-refractivity contribution in [2.75, 3.05) is 0 Å². The lowest BCUT2D eigenvalue weighted by atomic mass is 10.1. The lowest BCUT2D eigenvalue weighted by Gasteiger charge is -2.16. The summed E-state index contributed by atoms with van der Waals surface area (Å²) >= 11 is 0. The summed E-state index contributed by atoms with van der Waals surface area (Å²) in [6.07, 6.45) is 0. The molecule has 0 aliphatic rings. The van der Waals surface area contributed by atoms with Crippen LogP contribution in [0.15, 0.2) is 30.3 Å². The standard InChI is InChI=1S/C12H16N2O3/c1-8(2)13-12(17)14-10(11(15)16)9-6-4-3-5-7-9/h3-8,10H,1-2H3,(H,15,16)(H2,13,14,17). The lowest BCUT2D eigenvalue weighted by Crippen LogP contribution is -2.43. The Bertz CT molecular complexity index is 390. The number of nitrogens with one attached hydrogen (secondary N) is 2. The molecule has 92 valence electrons. The SMILES string of the molecule is CC(C)NC(=O)NC(C(=O)O)c1ccccc1. The molecule has 0 fully saturated rings. The van der Waals surface area contributed by atoms with E-state index in [-0.39, 0.29) is 6.04 Å². The van der Waals surface area contributed by atoms with E-state index in [1.54, 1.807) is 44.2 Å². The van der Waals surface area contributed by atoms with Crippen LogP contribution in [0, 0.1) is 0 Å². The van der Waals surface area contributed by atoms with Crippen LogP contribution in [-0.4, -0.2) is 23.1 Å². The van der Waals surface area contributed by atoms with Gasteiger partial charge in [0, 0.05) is 6.04 Å². The van der Waals surface area contributed by atoms with Gasteiger partial charge in [0.05, 0.1) is 0 Å².